The Labute approximate surface area is 378 Å². The van der Waals surface area contributed by atoms with Crippen LogP contribution in [0.4, 0.5) is 0 Å². The van der Waals surface area contributed by atoms with E-state index in [1.54, 1.807) is 84.9 Å². The van der Waals surface area contributed by atoms with Gasteiger partial charge in [0.25, 0.3) is 5.75 Å². The first-order chi connectivity index (χ1) is 32.1. The summed E-state index contributed by atoms with van der Waals surface area (Å²) in [4.78, 5) is 80.5. The highest BCUT2D eigenvalue weighted by Gasteiger charge is 2.54. The molecule has 7 rings (SSSR count). The van der Waals surface area contributed by atoms with Crippen molar-refractivity contribution in [3.63, 3.8) is 0 Å². The number of esters is 5. The van der Waals surface area contributed by atoms with Gasteiger partial charge in [-0.25, -0.2) is 24.0 Å². The molecule has 1 aliphatic rings. The standard InChI is InChI=1S/C51H44O15/c1-3-4-5-18-29-58-41-38-28-27-37(30-39(38)62-50(57)44(41)60-32(2)52)61-51-45(66-49(56)36-25-16-9-17-26-36)43(65-48(55)35-23-14-8-15-24-35)42(64-47(54)34-21-12-7-13-22-34)40(63-51)31-59-46(53)33-19-10-6-11-20-33/h4-17,19-28,30,40,42-43,45,51H,3,18,29,31H2,1-2H3/t40-,42-,43+,45+,51+/m1/s1. The van der Waals surface area contributed by atoms with Gasteiger partial charge >= 0.3 is 35.5 Å². The second-order valence-electron chi connectivity index (χ2n) is 14.6. The number of benzene rings is 5. The van der Waals surface area contributed by atoms with Crippen molar-refractivity contribution in [2.75, 3.05) is 13.2 Å². The Morgan fingerprint density at radius 2 is 1.12 bits per heavy atom. The molecular weight excluding hydrogens is 853 g/mol. The molecule has 0 unspecified atom stereocenters. The number of allylic oxidation sites excluding steroid dienone is 1. The van der Waals surface area contributed by atoms with Crippen molar-refractivity contribution in [2.45, 2.75) is 57.4 Å². The first-order valence-corrected chi connectivity index (χ1v) is 21.0. The van der Waals surface area contributed by atoms with Crippen molar-refractivity contribution in [3.05, 3.63) is 184 Å². The van der Waals surface area contributed by atoms with Crippen LogP contribution in [0.25, 0.3) is 11.0 Å². The van der Waals surface area contributed by atoms with Gasteiger partial charge in [0.05, 0.1) is 34.2 Å². The van der Waals surface area contributed by atoms with Gasteiger partial charge in [0.1, 0.15) is 24.0 Å². The first kappa shape index (κ1) is 46.0. The maximum atomic E-state index is 14.0. The summed E-state index contributed by atoms with van der Waals surface area (Å²) in [6, 6.07) is 36.2. The highest BCUT2D eigenvalue weighted by molar-refractivity contribution is 5.92. The van der Waals surface area contributed by atoms with Gasteiger partial charge in [-0.2, -0.15) is 0 Å². The maximum Gasteiger partial charge on any atom is 0.383 e. The lowest BCUT2D eigenvalue weighted by Crippen LogP contribution is -2.63. The normalized spacial score (nSPS) is 17.9. The number of carbonyl (C=O) groups excluding carboxylic acids is 5. The van der Waals surface area contributed by atoms with Gasteiger partial charge in [-0.05, 0) is 73.5 Å². The number of fused-ring (bicyclic) bond motifs is 1. The molecule has 1 fully saturated rings. The van der Waals surface area contributed by atoms with Gasteiger partial charge < -0.3 is 42.3 Å². The fourth-order valence-electron chi connectivity index (χ4n) is 6.85. The second-order valence-corrected chi connectivity index (χ2v) is 14.6. The summed E-state index contributed by atoms with van der Waals surface area (Å²) in [5.41, 5.74) is -0.542. The van der Waals surface area contributed by atoms with E-state index in [9.17, 15) is 28.8 Å². The summed E-state index contributed by atoms with van der Waals surface area (Å²) in [6.45, 7) is 2.66. The molecule has 338 valence electrons. The maximum absolute atomic E-state index is 14.0. The molecule has 6 aromatic rings. The van der Waals surface area contributed by atoms with Crippen molar-refractivity contribution in [3.8, 4) is 17.2 Å². The quantitative estimate of drug-likeness (QED) is 0.0281. The summed E-state index contributed by atoms with van der Waals surface area (Å²) < 4.78 is 53.8. The van der Waals surface area contributed by atoms with Crippen LogP contribution >= 0.6 is 0 Å². The van der Waals surface area contributed by atoms with Gasteiger partial charge in [0, 0.05) is 13.0 Å². The minimum atomic E-state index is -1.70. The number of hydrogen-bond acceptors (Lipinski definition) is 15. The predicted molar refractivity (Wildman–Crippen MR) is 236 cm³/mol. The lowest BCUT2D eigenvalue weighted by molar-refractivity contribution is -0.275. The summed E-state index contributed by atoms with van der Waals surface area (Å²) >= 11 is 0. The molecule has 1 saturated heterocycles. The Hall–Kier alpha value is -8.04. The number of hydrogen-bond donors (Lipinski definition) is 0. The van der Waals surface area contributed by atoms with Gasteiger partial charge in [-0.1, -0.05) is 91.9 Å². The van der Waals surface area contributed by atoms with Crippen LogP contribution in [0, 0.1) is 0 Å². The molecule has 1 aliphatic heterocycles. The zero-order chi connectivity index (χ0) is 46.4. The van der Waals surface area contributed by atoms with Crippen LogP contribution in [0.1, 0.15) is 68.1 Å². The van der Waals surface area contributed by atoms with Gasteiger partial charge in [-0.3, -0.25) is 4.79 Å². The Bertz CT molecular complexity index is 2720. The molecule has 15 nitrogen and oxygen atoms in total. The molecule has 0 aliphatic carbocycles. The predicted octanol–water partition coefficient (Wildman–Crippen LogP) is 8.09. The van der Waals surface area contributed by atoms with Gasteiger partial charge in [-0.15, -0.1) is 0 Å². The Kier molecular flexibility index (Phi) is 15.4. The minimum Gasteiger partial charge on any atom is -0.488 e. The monoisotopic (exact) mass is 896 g/mol. The fraction of sp³-hybridized carbons (Fsp3) is 0.216. The topological polar surface area (TPSA) is 189 Å². The lowest BCUT2D eigenvalue weighted by atomic mass is 9.97. The molecule has 15 heteroatoms. The van der Waals surface area contributed by atoms with E-state index in [2.05, 4.69) is 0 Å². The molecule has 66 heavy (non-hydrogen) atoms. The number of rotatable bonds is 17. The SMILES string of the molecule is CCC=CCCOc1c(OC(C)=O)c(=O)oc2cc(O[C@H]3O[C@H](COC(=O)c4ccccc4)[C@@H](OC(=O)c4ccccc4)[C@H](OC(=O)c4ccccc4)[C@@H]3OC(=O)c3ccccc3)ccc12. The van der Waals surface area contributed by atoms with Crippen LogP contribution in [0.15, 0.2) is 161 Å². The Morgan fingerprint density at radius 3 is 1.65 bits per heavy atom. The lowest BCUT2D eigenvalue weighted by Gasteiger charge is -2.44. The van der Waals surface area contributed by atoms with Crippen molar-refractivity contribution >= 4 is 40.8 Å². The van der Waals surface area contributed by atoms with Crippen LogP contribution in [-0.4, -0.2) is 73.8 Å². The van der Waals surface area contributed by atoms with Gasteiger partial charge in [0.15, 0.2) is 18.0 Å². The number of carbonyl (C=O) groups is 5. The van der Waals surface area contributed by atoms with E-state index in [-0.39, 0.29) is 51.3 Å². The third-order valence-corrected chi connectivity index (χ3v) is 9.96. The van der Waals surface area contributed by atoms with E-state index in [4.69, 9.17) is 42.3 Å². The molecule has 0 amide bonds. The van der Waals surface area contributed by atoms with Gasteiger partial charge in [0.2, 0.25) is 12.4 Å². The zero-order valence-corrected chi connectivity index (χ0v) is 35.8. The van der Waals surface area contributed by atoms with Crippen LogP contribution in [-0.2, 0) is 28.5 Å². The molecule has 1 aromatic heterocycles. The molecule has 5 aromatic carbocycles. The first-order valence-electron chi connectivity index (χ1n) is 21.0. The summed E-state index contributed by atoms with van der Waals surface area (Å²) in [5, 5.41) is 0.238. The Morgan fingerprint density at radius 1 is 0.606 bits per heavy atom. The smallest absolute Gasteiger partial charge is 0.383 e. The molecule has 0 N–H and O–H groups in total. The highest BCUT2D eigenvalue weighted by Crippen LogP contribution is 2.37. The molecule has 0 spiro atoms. The Balaban J connectivity index is 1.32. The summed E-state index contributed by atoms with van der Waals surface area (Å²) in [6.07, 6.45) is -3.00. The minimum absolute atomic E-state index is 0.0265. The van der Waals surface area contributed by atoms with Crippen molar-refractivity contribution < 1.29 is 66.3 Å². The van der Waals surface area contributed by atoms with E-state index in [0.29, 0.717) is 6.42 Å². The number of ether oxygens (including phenoxy) is 8. The average Bonchev–Trinajstić information content (AvgIpc) is 3.34. The molecule has 0 radical (unpaired) electrons. The highest BCUT2D eigenvalue weighted by atomic mass is 16.7. The van der Waals surface area contributed by atoms with Crippen LogP contribution in [0.2, 0.25) is 0 Å². The zero-order valence-electron chi connectivity index (χ0n) is 35.8. The van der Waals surface area contributed by atoms with E-state index in [1.165, 1.54) is 54.6 Å². The third-order valence-electron chi connectivity index (χ3n) is 9.96. The molecule has 5 atom stereocenters. The molecule has 0 bridgehead atoms. The molecule has 0 saturated carbocycles. The van der Waals surface area contributed by atoms with E-state index < -0.39 is 78.5 Å². The van der Waals surface area contributed by atoms with Crippen LogP contribution in [0.5, 0.6) is 17.2 Å². The third kappa shape index (κ3) is 11.6. The molecular formula is C51H44O15. The van der Waals surface area contributed by atoms with E-state index in [0.717, 1.165) is 13.3 Å². The summed E-state index contributed by atoms with van der Waals surface area (Å²) in [5.74, 6) is -4.70. The van der Waals surface area contributed by atoms with E-state index in [1.807, 2.05) is 19.1 Å². The van der Waals surface area contributed by atoms with Crippen molar-refractivity contribution in [2.24, 2.45) is 0 Å². The van der Waals surface area contributed by atoms with Crippen molar-refractivity contribution in [1.82, 2.24) is 0 Å². The average molecular weight is 897 g/mol. The van der Waals surface area contributed by atoms with Crippen LogP contribution in [0.3, 0.4) is 0 Å². The van der Waals surface area contributed by atoms with Crippen LogP contribution < -0.4 is 19.8 Å². The second kappa shape index (κ2) is 22.0. The largest absolute Gasteiger partial charge is 0.488 e. The fourth-order valence-corrected chi connectivity index (χ4v) is 6.85. The van der Waals surface area contributed by atoms with E-state index >= 15 is 0 Å². The summed E-state index contributed by atoms with van der Waals surface area (Å²) in [7, 11) is 0. The molecule has 2 heterocycles. The van der Waals surface area contributed by atoms with Crippen molar-refractivity contribution in [1.29, 1.82) is 0 Å².